The van der Waals surface area contributed by atoms with E-state index in [1.54, 1.807) is 23.9 Å². The zero-order valence-corrected chi connectivity index (χ0v) is 10.0. The lowest BCUT2D eigenvalue weighted by atomic mass is 10.1. The monoisotopic (exact) mass is 235 g/mol. The summed E-state index contributed by atoms with van der Waals surface area (Å²) in [5.74, 6) is 0.0204. The van der Waals surface area contributed by atoms with E-state index in [1.807, 2.05) is 23.9 Å². The number of aromatic nitrogens is 1. The van der Waals surface area contributed by atoms with Crippen molar-refractivity contribution < 1.29 is 9.90 Å². The van der Waals surface area contributed by atoms with Crippen LogP contribution >= 0.6 is 11.8 Å². The number of para-hydroxylation sites is 1. The molecule has 3 nitrogen and oxygen atoms in total. The van der Waals surface area contributed by atoms with Crippen LogP contribution in [0.15, 0.2) is 24.3 Å². The molecule has 0 unspecified atom stereocenters. The van der Waals surface area contributed by atoms with Gasteiger partial charge in [0, 0.05) is 23.9 Å². The molecule has 16 heavy (non-hydrogen) atoms. The summed E-state index contributed by atoms with van der Waals surface area (Å²) < 4.78 is 1.97. The molecule has 0 saturated carbocycles. The first kappa shape index (κ1) is 11.1. The molecule has 0 saturated heterocycles. The van der Waals surface area contributed by atoms with Gasteiger partial charge in [-0.25, -0.2) is 4.79 Å². The van der Waals surface area contributed by atoms with Gasteiger partial charge in [0.05, 0.1) is 11.1 Å². The minimum absolute atomic E-state index is 0.368. The number of nitrogens with zero attached hydrogens (tertiary/aromatic N) is 1. The van der Waals surface area contributed by atoms with E-state index in [1.165, 1.54) is 0 Å². The summed E-state index contributed by atoms with van der Waals surface area (Å²) in [7, 11) is 1.92. The van der Waals surface area contributed by atoms with Gasteiger partial charge in [-0.2, -0.15) is 11.8 Å². The molecular weight excluding hydrogens is 222 g/mol. The Bertz CT molecular complexity index is 545. The van der Waals surface area contributed by atoms with Crippen LogP contribution in [-0.2, 0) is 12.8 Å². The molecule has 1 aromatic carbocycles. The summed E-state index contributed by atoms with van der Waals surface area (Å²) in [6.07, 6.45) is 2.04. The highest BCUT2D eigenvalue weighted by Crippen LogP contribution is 2.24. The van der Waals surface area contributed by atoms with Crippen LogP contribution in [0.25, 0.3) is 10.9 Å². The Labute approximate surface area is 98.1 Å². The Kier molecular flexibility index (Phi) is 2.92. The maximum Gasteiger partial charge on any atom is 0.337 e. The topological polar surface area (TPSA) is 42.2 Å². The molecule has 2 aromatic rings. The van der Waals surface area contributed by atoms with Crippen molar-refractivity contribution in [2.75, 3.05) is 6.26 Å². The molecule has 0 aliphatic rings. The zero-order chi connectivity index (χ0) is 11.7. The predicted molar refractivity (Wildman–Crippen MR) is 67.1 cm³/mol. The number of carbonyl (C=O) groups is 1. The third-order valence-corrected chi connectivity index (χ3v) is 3.26. The smallest absolute Gasteiger partial charge is 0.337 e. The van der Waals surface area contributed by atoms with Crippen LogP contribution in [0, 0.1) is 0 Å². The van der Waals surface area contributed by atoms with Crippen LogP contribution < -0.4 is 0 Å². The first-order valence-corrected chi connectivity index (χ1v) is 6.34. The van der Waals surface area contributed by atoms with Crippen molar-refractivity contribution in [3.8, 4) is 0 Å². The first-order chi connectivity index (χ1) is 7.65. The molecule has 2 rings (SSSR count). The number of carboxylic acid groups (broad SMARTS) is 1. The fraction of sp³-hybridized carbons (Fsp3) is 0.250. The molecule has 0 aliphatic heterocycles. The van der Waals surface area contributed by atoms with Gasteiger partial charge in [-0.15, -0.1) is 0 Å². The van der Waals surface area contributed by atoms with Crippen molar-refractivity contribution >= 4 is 28.6 Å². The Balaban J connectivity index is 2.72. The van der Waals surface area contributed by atoms with Crippen molar-refractivity contribution in [1.82, 2.24) is 4.57 Å². The number of thioether (sulfide) groups is 1. The molecule has 0 radical (unpaired) electrons. The number of rotatable bonds is 3. The summed E-state index contributed by atoms with van der Waals surface area (Å²) in [6, 6.07) is 7.44. The van der Waals surface area contributed by atoms with Crippen molar-refractivity contribution in [1.29, 1.82) is 0 Å². The second-order valence-electron chi connectivity index (χ2n) is 3.68. The van der Waals surface area contributed by atoms with Gasteiger partial charge in [-0.1, -0.05) is 12.1 Å². The van der Waals surface area contributed by atoms with Gasteiger partial charge >= 0.3 is 5.97 Å². The Morgan fingerprint density at radius 3 is 2.88 bits per heavy atom. The fourth-order valence-electron chi connectivity index (χ4n) is 1.93. The first-order valence-electron chi connectivity index (χ1n) is 4.94. The summed E-state index contributed by atoms with van der Waals surface area (Å²) in [5.41, 5.74) is 2.32. The summed E-state index contributed by atoms with van der Waals surface area (Å²) in [4.78, 5) is 11.1. The van der Waals surface area contributed by atoms with Crippen molar-refractivity contribution in [2.24, 2.45) is 7.05 Å². The van der Waals surface area contributed by atoms with Crippen LogP contribution in [-0.4, -0.2) is 21.9 Å². The second kappa shape index (κ2) is 4.22. The van der Waals surface area contributed by atoms with E-state index in [9.17, 15) is 4.79 Å². The van der Waals surface area contributed by atoms with Crippen LogP contribution in [0.1, 0.15) is 16.1 Å². The highest BCUT2D eigenvalue weighted by molar-refractivity contribution is 7.97. The number of fused-ring (bicyclic) bond motifs is 1. The number of carboxylic acids is 1. The maximum atomic E-state index is 11.1. The number of aromatic carboxylic acids is 1. The van der Waals surface area contributed by atoms with E-state index >= 15 is 0 Å². The third-order valence-electron chi connectivity index (χ3n) is 2.68. The lowest BCUT2D eigenvalue weighted by molar-refractivity contribution is 0.0698. The van der Waals surface area contributed by atoms with Gasteiger partial charge in [0.2, 0.25) is 0 Å². The van der Waals surface area contributed by atoms with Crippen LogP contribution in [0.2, 0.25) is 0 Å². The minimum Gasteiger partial charge on any atom is -0.478 e. The molecule has 4 heteroatoms. The molecule has 0 atom stereocenters. The number of hydrogen-bond donors (Lipinski definition) is 1. The van der Waals surface area contributed by atoms with E-state index in [0.29, 0.717) is 5.56 Å². The van der Waals surface area contributed by atoms with E-state index in [2.05, 4.69) is 6.07 Å². The van der Waals surface area contributed by atoms with Crippen molar-refractivity contribution in [3.63, 3.8) is 0 Å². The molecule has 1 heterocycles. The Morgan fingerprint density at radius 2 is 2.25 bits per heavy atom. The maximum absolute atomic E-state index is 11.1. The van der Waals surface area contributed by atoms with Gasteiger partial charge in [0.25, 0.3) is 0 Å². The fourth-order valence-corrected chi connectivity index (χ4v) is 2.50. The lowest BCUT2D eigenvalue weighted by Gasteiger charge is -2.04. The molecule has 0 fully saturated rings. The molecule has 1 aromatic heterocycles. The van der Waals surface area contributed by atoms with E-state index in [-0.39, 0.29) is 0 Å². The van der Waals surface area contributed by atoms with Crippen LogP contribution in [0.5, 0.6) is 0 Å². The van der Waals surface area contributed by atoms with Gasteiger partial charge in [0.15, 0.2) is 0 Å². The summed E-state index contributed by atoms with van der Waals surface area (Å²) >= 11 is 1.73. The van der Waals surface area contributed by atoms with Gasteiger partial charge in [0.1, 0.15) is 0 Å². The second-order valence-corrected chi connectivity index (χ2v) is 4.54. The number of aryl methyl sites for hydroxylation is 1. The van der Waals surface area contributed by atoms with E-state index in [0.717, 1.165) is 22.3 Å². The normalized spacial score (nSPS) is 10.9. The Hall–Kier alpha value is -1.42. The Morgan fingerprint density at radius 1 is 1.50 bits per heavy atom. The zero-order valence-electron chi connectivity index (χ0n) is 9.23. The highest BCUT2D eigenvalue weighted by atomic mass is 32.2. The molecule has 1 N–H and O–H groups in total. The average Bonchev–Trinajstić information content (AvgIpc) is 2.57. The average molecular weight is 235 g/mol. The van der Waals surface area contributed by atoms with Crippen molar-refractivity contribution in [3.05, 3.63) is 35.5 Å². The summed E-state index contributed by atoms with van der Waals surface area (Å²) in [6.45, 7) is 0. The third kappa shape index (κ3) is 1.69. The molecule has 0 spiro atoms. The molecule has 0 amide bonds. The molecule has 84 valence electrons. The largest absolute Gasteiger partial charge is 0.478 e. The standard InChI is InChI=1S/C12H13NO2S/c1-13-9(7-16-2)6-8-4-3-5-10(11(8)13)12(14)15/h3-6H,7H2,1-2H3,(H,14,15). The van der Waals surface area contributed by atoms with Gasteiger partial charge in [-0.05, 0) is 18.4 Å². The molecular formula is C12H13NO2S. The SMILES string of the molecule is CSCc1cc2cccc(C(=O)O)c2n1C. The highest BCUT2D eigenvalue weighted by Gasteiger charge is 2.13. The van der Waals surface area contributed by atoms with E-state index in [4.69, 9.17) is 5.11 Å². The predicted octanol–water partition coefficient (Wildman–Crippen LogP) is 2.74. The van der Waals surface area contributed by atoms with Gasteiger partial charge < -0.3 is 9.67 Å². The molecule has 0 bridgehead atoms. The molecule has 0 aliphatic carbocycles. The quantitative estimate of drug-likeness (QED) is 0.889. The van der Waals surface area contributed by atoms with E-state index < -0.39 is 5.97 Å². The van der Waals surface area contributed by atoms with Gasteiger partial charge in [-0.3, -0.25) is 0 Å². The van der Waals surface area contributed by atoms with Crippen molar-refractivity contribution in [2.45, 2.75) is 5.75 Å². The number of benzene rings is 1. The lowest BCUT2D eigenvalue weighted by Crippen LogP contribution is -2.02. The minimum atomic E-state index is -0.873. The van der Waals surface area contributed by atoms with Crippen LogP contribution in [0.3, 0.4) is 0 Å². The number of hydrogen-bond acceptors (Lipinski definition) is 2. The summed E-state index contributed by atoms with van der Waals surface area (Å²) in [5, 5.41) is 10.1. The van der Waals surface area contributed by atoms with Crippen LogP contribution in [0.4, 0.5) is 0 Å².